The molecule has 92 valence electrons. The lowest BCUT2D eigenvalue weighted by Crippen LogP contribution is -2.17. The molecule has 0 aliphatic carbocycles. The largest absolute Gasteiger partial charge is 0.307 e. The number of nitrogens with one attached hydrogen (secondary N) is 1. The molecule has 0 atom stereocenters. The Morgan fingerprint density at radius 2 is 2.22 bits per heavy atom. The van der Waals surface area contributed by atoms with Crippen molar-refractivity contribution in [1.82, 2.24) is 5.32 Å². The second-order valence-electron chi connectivity index (χ2n) is 3.55. The molecule has 18 heavy (non-hydrogen) atoms. The number of thioether (sulfide) groups is 1. The van der Waals surface area contributed by atoms with Gasteiger partial charge >= 0.3 is 0 Å². The number of hydrogen-bond acceptors (Lipinski definition) is 4. The van der Waals surface area contributed by atoms with Gasteiger partial charge in [-0.1, -0.05) is 35.6 Å². The van der Waals surface area contributed by atoms with Crippen LogP contribution in [0.3, 0.4) is 0 Å². The van der Waals surface area contributed by atoms with Crippen LogP contribution < -0.4 is 5.32 Å². The number of rotatable bonds is 2. The molecule has 0 radical (unpaired) electrons. The van der Waals surface area contributed by atoms with Crippen molar-refractivity contribution in [2.75, 3.05) is 7.05 Å². The highest BCUT2D eigenvalue weighted by atomic mass is 35.5. The van der Waals surface area contributed by atoms with Gasteiger partial charge in [0.15, 0.2) is 7.05 Å². The van der Waals surface area contributed by atoms with Crippen molar-refractivity contribution in [3.63, 3.8) is 0 Å². The molecule has 1 N–H and O–H groups in total. The predicted octanol–water partition coefficient (Wildman–Crippen LogP) is 2.87. The summed E-state index contributed by atoms with van der Waals surface area (Å²) in [6, 6.07) is 4.87. The lowest BCUT2D eigenvalue weighted by Gasteiger charge is -1.98. The molecule has 4 nitrogen and oxygen atoms in total. The molecule has 1 saturated heterocycles. The minimum absolute atomic E-state index is 0.260. The SMILES string of the molecule is C[N+](=O)c1ccc(Cl)cc1/C=C1\SC(=S)NC1=O. The zero-order chi connectivity index (χ0) is 13.3. The summed E-state index contributed by atoms with van der Waals surface area (Å²) in [5.74, 6) is -0.260. The topological polar surface area (TPSA) is 49.2 Å². The van der Waals surface area contributed by atoms with E-state index in [1.165, 1.54) is 7.05 Å². The van der Waals surface area contributed by atoms with Crippen molar-refractivity contribution >= 4 is 57.6 Å². The fourth-order valence-corrected chi connectivity index (χ4v) is 2.71. The van der Waals surface area contributed by atoms with Gasteiger partial charge in [-0.2, -0.15) is 0 Å². The molecular formula is C11H8ClN2O2S2+. The van der Waals surface area contributed by atoms with Gasteiger partial charge in [-0.25, -0.2) is 0 Å². The number of hydrogen-bond donors (Lipinski definition) is 1. The van der Waals surface area contributed by atoms with Gasteiger partial charge < -0.3 is 5.32 Å². The Morgan fingerprint density at radius 1 is 1.50 bits per heavy atom. The van der Waals surface area contributed by atoms with E-state index < -0.39 is 0 Å². The third kappa shape index (κ3) is 2.77. The summed E-state index contributed by atoms with van der Waals surface area (Å²) < 4.78 is 1.13. The van der Waals surface area contributed by atoms with E-state index in [9.17, 15) is 9.70 Å². The second kappa shape index (κ2) is 5.17. The average Bonchev–Trinajstić information content (AvgIpc) is 2.57. The Kier molecular flexibility index (Phi) is 3.79. The highest BCUT2D eigenvalue weighted by Gasteiger charge is 2.23. The van der Waals surface area contributed by atoms with E-state index >= 15 is 0 Å². The number of carbonyl (C=O) groups excluding carboxylic acids is 1. The summed E-state index contributed by atoms with van der Waals surface area (Å²) >= 11 is 11.9. The molecule has 1 heterocycles. The predicted molar refractivity (Wildman–Crippen MR) is 77.0 cm³/mol. The standard InChI is InChI=1S/C11H7ClN2O2S2/c1-14(16)8-3-2-7(12)4-6(8)5-9-10(15)13-11(17)18-9/h2-5H,1H3/p+1/b9-5-. The van der Waals surface area contributed by atoms with Gasteiger partial charge in [0.1, 0.15) is 4.32 Å². The highest BCUT2D eigenvalue weighted by Crippen LogP contribution is 2.30. The maximum absolute atomic E-state index is 11.5. The quantitative estimate of drug-likeness (QED) is 0.518. The van der Waals surface area contributed by atoms with E-state index in [0.717, 1.165) is 16.5 Å². The van der Waals surface area contributed by atoms with Gasteiger partial charge in [-0.05, 0) is 18.2 Å². The zero-order valence-corrected chi connectivity index (χ0v) is 11.7. The van der Waals surface area contributed by atoms with Crippen LogP contribution in [-0.2, 0) is 4.79 Å². The molecule has 0 spiro atoms. The third-order valence-corrected chi connectivity index (χ3v) is 3.66. The summed E-state index contributed by atoms with van der Waals surface area (Å²) in [6.07, 6.45) is 1.61. The van der Waals surface area contributed by atoms with Crippen molar-refractivity contribution in [2.45, 2.75) is 0 Å². The fraction of sp³-hybridized carbons (Fsp3) is 0.0909. The van der Waals surface area contributed by atoms with Gasteiger partial charge in [-0.3, -0.25) is 4.79 Å². The summed E-state index contributed by atoms with van der Waals surface area (Å²) in [5, 5.41) is 3.01. The summed E-state index contributed by atoms with van der Waals surface area (Å²) in [4.78, 5) is 23.4. The van der Waals surface area contributed by atoms with E-state index in [0.29, 0.717) is 25.5 Å². The maximum Gasteiger partial charge on any atom is 0.263 e. The Hall–Kier alpha value is -1.24. The maximum atomic E-state index is 11.5. The van der Waals surface area contributed by atoms with Crippen LogP contribution in [0, 0.1) is 4.91 Å². The van der Waals surface area contributed by atoms with Gasteiger partial charge in [0, 0.05) is 20.8 Å². The number of thiocarbonyl (C=S) groups is 1. The van der Waals surface area contributed by atoms with Crippen LogP contribution in [0.2, 0.25) is 5.02 Å². The number of nitroso groups, excluding NO2 is 1. The van der Waals surface area contributed by atoms with E-state index in [-0.39, 0.29) is 5.91 Å². The molecule has 7 heteroatoms. The summed E-state index contributed by atoms with van der Waals surface area (Å²) in [7, 11) is 1.39. The van der Waals surface area contributed by atoms with Crippen LogP contribution in [0.15, 0.2) is 23.1 Å². The molecule has 0 saturated carbocycles. The minimum Gasteiger partial charge on any atom is -0.307 e. The lowest BCUT2D eigenvalue weighted by atomic mass is 10.1. The first-order valence-electron chi connectivity index (χ1n) is 4.92. The Balaban J connectivity index is 2.48. The van der Waals surface area contributed by atoms with Crippen LogP contribution in [0.1, 0.15) is 5.56 Å². The monoisotopic (exact) mass is 299 g/mol. The Morgan fingerprint density at radius 3 is 2.78 bits per heavy atom. The van der Waals surface area contributed by atoms with Crippen molar-refractivity contribution in [3.8, 4) is 0 Å². The van der Waals surface area contributed by atoms with Crippen LogP contribution in [0.5, 0.6) is 0 Å². The molecule has 1 amide bonds. The van der Waals surface area contributed by atoms with Crippen LogP contribution in [-0.4, -0.2) is 22.0 Å². The molecule has 0 unspecified atom stereocenters. The Bertz CT molecular complexity index is 599. The van der Waals surface area contributed by atoms with Crippen molar-refractivity contribution in [3.05, 3.63) is 38.6 Å². The van der Waals surface area contributed by atoms with Gasteiger partial charge in [0.25, 0.3) is 11.6 Å². The fourth-order valence-electron chi connectivity index (χ4n) is 1.49. The molecule has 1 fully saturated rings. The van der Waals surface area contributed by atoms with Crippen molar-refractivity contribution < 1.29 is 9.55 Å². The molecule has 1 aromatic carbocycles. The molecule has 2 rings (SSSR count). The number of amides is 1. The van der Waals surface area contributed by atoms with Crippen LogP contribution >= 0.6 is 35.6 Å². The summed E-state index contributed by atoms with van der Waals surface area (Å²) in [6.45, 7) is 0. The first-order valence-corrected chi connectivity index (χ1v) is 6.53. The molecule has 0 bridgehead atoms. The Labute approximate surface area is 118 Å². The van der Waals surface area contributed by atoms with Gasteiger partial charge in [0.05, 0.1) is 10.5 Å². The minimum atomic E-state index is -0.260. The molecule has 1 aliphatic heterocycles. The zero-order valence-electron chi connectivity index (χ0n) is 9.27. The van der Waals surface area contributed by atoms with Gasteiger partial charge in [0.2, 0.25) is 0 Å². The van der Waals surface area contributed by atoms with E-state index in [1.807, 2.05) is 0 Å². The number of nitrogens with zero attached hydrogens (tertiary/aromatic N) is 1. The second-order valence-corrected chi connectivity index (χ2v) is 5.71. The van der Waals surface area contributed by atoms with E-state index in [1.54, 1.807) is 24.3 Å². The van der Waals surface area contributed by atoms with Crippen molar-refractivity contribution in [2.24, 2.45) is 0 Å². The molecule has 1 aromatic rings. The first-order chi connectivity index (χ1) is 8.47. The number of carbonyl (C=O) groups is 1. The molecular weight excluding hydrogens is 292 g/mol. The van der Waals surface area contributed by atoms with Gasteiger partial charge in [-0.15, -0.1) is 0 Å². The average molecular weight is 300 g/mol. The van der Waals surface area contributed by atoms with E-state index in [2.05, 4.69) is 5.32 Å². The first kappa shape index (κ1) is 13.2. The molecule has 1 aliphatic rings. The lowest BCUT2D eigenvalue weighted by molar-refractivity contribution is -0.428. The highest BCUT2D eigenvalue weighted by molar-refractivity contribution is 8.26. The van der Waals surface area contributed by atoms with Crippen LogP contribution in [0.4, 0.5) is 5.69 Å². The normalized spacial score (nSPS) is 17.1. The number of benzene rings is 1. The number of halogens is 1. The summed E-state index contributed by atoms with van der Waals surface area (Å²) in [5.41, 5.74) is 1.03. The van der Waals surface area contributed by atoms with E-state index in [4.69, 9.17) is 23.8 Å². The smallest absolute Gasteiger partial charge is 0.263 e. The third-order valence-electron chi connectivity index (χ3n) is 2.26. The molecule has 0 aromatic heterocycles. The van der Waals surface area contributed by atoms with Crippen LogP contribution in [0.25, 0.3) is 6.08 Å². The van der Waals surface area contributed by atoms with Crippen molar-refractivity contribution in [1.29, 1.82) is 0 Å².